The highest BCUT2D eigenvalue weighted by Gasteiger charge is 2.29. The SMILES string of the molecule is CCOC(=O)C1CCCN(C(=O)CCNc2ncnc3scc(-c4ccc(F)cc4)c23)C1. The summed E-state index contributed by atoms with van der Waals surface area (Å²) >= 11 is 1.49. The van der Waals surface area contributed by atoms with Crippen LogP contribution in [0.2, 0.25) is 0 Å². The number of rotatable bonds is 7. The molecule has 9 heteroatoms. The number of amides is 1. The number of carbonyl (C=O) groups excluding carboxylic acids is 2. The molecule has 1 unspecified atom stereocenters. The molecule has 3 heterocycles. The van der Waals surface area contributed by atoms with E-state index in [0.29, 0.717) is 32.1 Å². The number of nitrogens with zero attached hydrogens (tertiary/aromatic N) is 3. The van der Waals surface area contributed by atoms with Gasteiger partial charge in [-0.1, -0.05) is 12.1 Å². The zero-order valence-electron chi connectivity index (χ0n) is 17.8. The first-order valence-corrected chi connectivity index (χ1v) is 11.6. The number of halogens is 1. The molecule has 32 heavy (non-hydrogen) atoms. The molecule has 1 aliphatic heterocycles. The van der Waals surface area contributed by atoms with Gasteiger partial charge in [0, 0.05) is 37.0 Å². The Morgan fingerprint density at radius 2 is 2.09 bits per heavy atom. The monoisotopic (exact) mass is 456 g/mol. The fourth-order valence-corrected chi connectivity index (χ4v) is 4.87. The van der Waals surface area contributed by atoms with Gasteiger partial charge in [-0.3, -0.25) is 9.59 Å². The summed E-state index contributed by atoms with van der Waals surface area (Å²) in [7, 11) is 0. The Bertz CT molecular complexity index is 1100. The van der Waals surface area contributed by atoms with E-state index in [1.807, 2.05) is 5.38 Å². The molecule has 1 aromatic carbocycles. The number of carbonyl (C=O) groups is 2. The Hall–Kier alpha value is -3.07. The van der Waals surface area contributed by atoms with Crippen molar-refractivity contribution in [2.45, 2.75) is 26.2 Å². The average molecular weight is 457 g/mol. The van der Waals surface area contributed by atoms with Gasteiger partial charge in [-0.05, 0) is 37.5 Å². The zero-order chi connectivity index (χ0) is 22.5. The number of ether oxygens (including phenoxy) is 1. The largest absolute Gasteiger partial charge is 0.466 e. The maximum Gasteiger partial charge on any atom is 0.310 e. The van der Waals surface area contributed by atoms with Gasteiger partial charge in [-0.2, -0.15) is 0 Å². The highest BCUT2D eigenvalue weighted by atomic mass is 32.1. The number of thiophene rings is 1. The second kappa shape index (κ2) is 10.0. The molecule has 1 N–H and O–H groups in total. The first-order chi connectivity index (χ1) is 15.6. The number of aromatic nitrogens is 2. The van der Waals surface area contributed by atoms with Gasteiger partial charge >= 0.3 is 5.97 Å². The van der Waals surface area contributed by atoms with Gasteiger partial charge in [0.1, 0.15) is 22.8 Å². The van der Waals surface area contributed by atoms with Gasteiger partial charge in [0.2, 0.25) is 5.91 Å². The summed E-state index contributed by atoms with van der Waals surface area (Å²) in [4.78, 5) is 36.0. The van der Waals surface area contributed by atoms with Gasteiger partial charge in [-0.25, -0.2) is 14.4 Å². The van der Waals surface area contributed by atoms with Crippen LogP contribution in [-0.4, -0.2) is 53.0 Å². The van der Waals surface area contributed by atoms with Crippen LogP contribution in [0.1, 0.15) is 26.2 Å². The smallest absolute Gasteiger partial charge is 0.310 e. The molecule has 4 rings (SSSR count). The van der Waals surface area contributed by atoms with Crippen LogP contribution < -0.4 is 5.32 Å². The number of likely N-dealkylation sites (tertiary alicyclic amines) is 1. The third-order valence-corrected chi connectivity index (χ3v) is 6.44. The van der Waals surface area contributed by atoms with Crippen molar-refractivity contribution in [3.63, 3.8) is 0 Å². The Morgan fingerprint density at radius 3 is 2.88 bits per heavy atom. The molecule has 1 aliphatic rings. The van der Waals surface area contributed by atoms with Gasteiger partial charge in [0.05, 0.1) is 17.9 Å². The molecule has 3 aromatic rings. The molecule has 1 amide bonds. The van der Waals surface area contributed by atoms with E-state index in [2.05, 4.69) is 15.3 Å². The van der Waals surface area contributed by atoms with Gasteiger partial charge in [-0.15, -0.1) is 11.3 Å². The molecular formula is C23H25FN4O3S. The van der Waals surface area contributed by atoms with Crippen LogP contribution in [0.3, 0.4) is 0 Å². The predicted molar refractivity (Wildman–Crippen MR) is 122 cm³/mol. The van der Waals surface area contributed by atoms with E-state index >= 15 is 0 Å². The van der Waals surface area contributed by atoms with E-state index in [1.54, 1.807) is 24.0 Å². The van der Waals surface area contributed by atoms with E-state index in [9.17, 15) is 14.0 Å². The molecule has 0 radical (unpaired) electrons. The van der Waals surface area contributed by atoms with Crippen molar-refractivity contribution in [2.24, 2.45) is 5.92 Å². The van der Waals surface area contributed by atoms with Crippen molar-refractivity contribution in [1.82, 2.24) is 14.9 Å². The van der Waals surface area contributed by atoms with Crippen molar-refractivity contribution >= 4 is 39.2 Å². The second-order valence-electron chi connectivity index (χ2n) is 7.67. The van der Waals surface area contributed by atoms with E-state index in [0.717, 1.165) is 34.2 Å². The lowest BCUT2D eigenvalue weighted by Gasteiger charge is -2.31. The lowest BCUT2D eigenvalue weighted by molar-refractivity contribution is -0.151. The van der Waals surface area contributed by atoms with E-state index in [4.69, 9.17) is 4.74 Å². The van der Waals surface area contributed by atoms with Crippen LogP contribution in [0.5, 0.6) is 0 Å². The first-order valence-electron chi connectivity index (χ1n) is 10.7. The fourth-order valence-electron chi connectivity index (χ4n) is 3.95. The first kappa shape index (κ1) is 22.1. The highest BCUT2D eigenvalue weighted by molar-refractivity contribution is 7.17. The standard InChI is InChI=1S/C23H25FN4O3S/c1-2-31-23(30)16-4-3-11-28(12-16)19(29)9-10-25-21-20-18(13-32-22(20)27-14-26-21)15-5-7-17(24)8-6-15/h5-8,13-14,16H,2-4,9-12H2,1H3,(H,25,26,27). The highest BCUT2D eigenvalue weighted by Crippen LogP contribution is 2.36. The summed E-state index contributed by atoms with van der Waals surface area (Å²) in [5, 5.41) is 6.10. The van der Waals surface area contributed by atoms with E-state index < -0.39 is 0 Å². The number of benzene rings is 1. The van der Waals surface area contributed by atoms with Crippen molar-refractivity contribution in [2.75, 3.05) is 31.6 Å². The van der Waals surface area contributed by atoms with Crippen LogP contribution in [0, 0.1) is 11.7 Å². The number of piperidine rings is 1. The minimum absolute atomic E-state index is 0.000810. The number of fused-ring (bicyclic) bond motifs is 1. The van der Waals surface area contributed by atoms with Gasteiger partial charge < -0.3 is 15.0 Å². The lowest BCUT2D eigenvalue weighted by atomic mass is 9.98. The van der Waals surface area contributed by atoms with E-state index in [-0.39, 0.29) is 30.0 Å². The lowest BCUT2D eigenvalue weighted by Crippen LogP contribution is -2.43. The summed E-state index contributed by atoms with van der Waals surface area (Å²) in [5.41, 5.74) is 1.80. The number of nitrogens with one attached hydrogen (secondary N) is 1. The Morgan fingerprint density at radius 1 is 1.28 bits per heavy atom. The molecule has 0 aliphatic carbocycles. The summed E-state index contributed by atoms with van der Waals surface area (Å²) < 4.78 is 18.4. The Kier molecular flexibility index (Phi) is 6.94. The van der Waals surface area contributed by atoms with Crippen molar-refractivity contribution in [3.8, 4) is 11.1 Å². The molecule has 1 saturated heterocycles. The number of esters is 1. The van der Waals surface area contributed by atoms with E-state index in [1.165, 1.54) is 29.8 Å². The van der Waals surface area contributed by atoms with Crippen molar-refractivity contribution in [3.05, 3.63) is 41.8 Å². The number of hydrogen-bond donors (Lipinski definition) is 1. The average Bonchev–Trinajstić information content (AvgIpc) is 3.25. The van der Waals surface area contributed by atoms with Gasteiger partial charge in [0.25, 0.3) is 0 Å². The van der Waals surface area contributed by atoms with Crippen molar-refractivity contribution in [1.29, 1.82) is 0 Å². The number of hydrogen-bond acceptors (Lipinski definition) is 7. The summed E-state index contributed by atoms with van der Waals surface area (Å²) in [5.74, 6) is -0.111. The minimum atomic E-state index is -0.288. The summed E-state index contributed by atoms with van der Waals surface area (Å²) in [6, 6.07) is 6.31. The minimum Gasteiger partial charge on any atom is -0.466 e. The van der Waals surface area contributed by atoms with Crippen LogP contribution in [0.15, 0.2) is 36.0 Å². The molecule has 7 nitrogen and oxygen atoms in total. The third kappa shape index (κ3) is 4.88. The van der Waals surface area contributed by atoms with Crippen LogP contribution in [0.25, 0.3) is 21.3 Å². The Balaban J connectivity index is 1.41. The van der Waals surface area contributed by atoms with Gasteiger partial charge in [0.15, 0.2) is 0 Å². The predicted octanol–water partition coefficient (Wildman–Crippen LogP) is 4.10. The fraction of sp³-hybridized carbons (Fsp3) is 0.391. The zero-order valence-corrected chi connectivity index (χ0v) is 18.7. The summed E-state index contributed by atoms with van der Waals surface area (Å²) in [6.45, 7) is 3.61. The maximum absolute atomic E-state index is 13.3. The topological polar surface area (TPSA) is 84.4 Å². The van der Waals surface area contributed by atoms with Crippen LogP contribution in [0.4, 0.5) is 10.2 Å². The normalized spacial score (nSPS) is 16.2. The molecule has 0 spiro atoms. The molecular weight excluding hydrogens is 431 g/mol. The van der Waals surface area contributed by atoms with Crippen molar-refractivity contribution < 1.29 is 18.7 Å². The molecule has 0 bridgehead atoms. The maximum atomic E-state index is 13.3. The molecule has 1 fully saturated rings. The second-order valence-corrected chi connectivity index (χ2v) is 8.52. The number of anilines is 1. The molecule has 0 saturated carbocycles. The summed E-state index contributed by atoms with van der Waals surface area (Å²) in [6.07, 6.45) is 3.33. The molecule has 1 atom stereocenters. The third-order valence-electron chi connectivity index (χ3n) is 5.55. The van der Waals surface area contributed by atoms with Crippen LogP contribution in [-0.2, 0) is 14.3 Å². The Labute approximate surface area is 189 Å². The molecule has 168 valence electrons. The quantitative estimate of drug-likeness (QED) is 0.539. The van der Waals surface area contributed by atoms with Crippen LogP contribution >= 0.6 is 11.3 Å². The molecule has 2 aromatic heterocycles.